The van der Waals surface area contributed by atoms with E-state index in [-0.39, 0.29) is 5.56 Å². The minimum absolute atomic E-state index is 0.125. The Bertz CT molecular complexity index is 1140. The Morgan fingerprint density at radius 3 is 2.73 bits per heavy atom. The minimum Gasteiger partial charge on any atom is -0.309 e. The van der Waals surface area contributed by atoms with Gasteiger partial charge in [0.25, 0.3) is 5.56 Å². The molecule has 5 nitrogen and oxygen atoms in total. The smallest absolute Gasteiger partial charge is 0.263 e. The van der Waals surface area contributed by atoms with Gasteiger partial charge in [0.05, 0.1) is 17.0 Å². The van der Waals surface area contributed by atoms with Gasteiger partial charge in [-0.05, 0) is 76.0 Å². The van der Waals surface area contributed by atoms with Crippen LogP contribution in [0.15, 0.2) is 34.2 Å². The van der Waals surface area contributed by atoms with Gasteiger partial charge in [0, 0.05) is 17.2 Å². The average Bonchev–Trinajstić information content (AvgIpc) is 3.12. The number of hydrogen-bond donors (Lipinski definition) is 0. The van der Waals surface area contributed by atoms with Crippen LogP contribution < -0.4 is 5.56 Å². The van der Waals surface area contributed by atoms with Crippen LogP contribution in [-0.4, -0.2) is 35.1 Å². The van der Waals surface area contributed by atoms with Crippen LogP contribution in [0.2, 0.25) is 0 Å². The van der Waals surface area contributed by atoms with E-state index in [1.165, 1.54) is 16.9 Å². The molecule has 1 aromatic carbocycles. The number of thiophene rings is 1. The van der Waals surface area contributed by atoms with Gasteiger partial charge in [-0.15, -0.1) is 11.3 Å². The molecular weight excluding hydrogens is 412 g/mol. The second-order valence-corrected chi connectivity index (χ2v) is 10.0. The summed E-state index contributed by atoms with van der Waals surface area (Å²) in [5.41, 5.74) is 3.16. The molecule has 156 valence electrons. The van der Waals surface area contributed by atoms with E-state index >= 15 is 0 Å². The Morgan fingerprint density at radius 1 is 1.23 bits per heavy atom. The Kier molecular flexibility index (Phi) is 6.57. The normalized spacial score (nSPS) is 13.5. The van der Waals surface area contributed by atoms with Gasteiger partial charge < -0.3 is 4.90 Å². The average molecular weight is 439 g/mol. The molecular formula is C23H26N4OS2. The lowest BCUT2D eigenvalue weighted by Crippen LogP contribution is -2.25. The first-order chi connectivity index (χ1) is 14.6. The van der Waals surface area contributed by atoms with Crippen LogP contribution in [0.4, 0.5) is 0 Å². The molecule has 0 atom stereocenters. The van der Waals surface area contributed by atoms with E-state index in [4.69, 9.17) is 10.2 Å². The molecule has 7 heteroatoms. The van der Waals surface area contributed by atoms with Crippen molar-refractivity contribution in [3.8, 4) is 6.07 Å². The van der Waals surface area contributed by atoms with Crippen molar-refractivity contribution in [3.63, 3.8) is 0 Å². The number of benzene rings is 1. The minimum atomic E-state index is 0.125. The molecule has 2 aromatic heterocycles. The highest BCUT2D eigenvalue weighted by atomic mass is 32.2. The van der Waals surface area contributed by atoms with Gasteiger partial charge in [-0.2, -0.15) is 5.26 Å². The standard InChI is InChI=1S/C23H26N4OS2/c1-26(2)12-5-13-27-22(28)20-18-6-3-4-7-19(18)30-21(20)25-23(27)29-15-17-10-8-16(14-24)9-11-17/h8-11H,3-7,12-13,15H2,1-2H3. The fourth-order valence-corrected chi connectivity index (χ4v) is 6.18. The highest BCUT2D eigenvalue weighted by Gasteiger charge is 2.22. The van der Waals surface area contributed by atoms with E-state index in [0.29, 0.717) is 12.1 Å². The number of hydrogen-bond acceptors (Lipinski definition) is 6. The summed E-state index contributed by atoms with van der Waals surface area (Å²) in [4.78, 5) is 22.9. The Hall–Kier alpha value is -2.14. The van der Waals surface area contributed by atoms with Crippen molar-refractivity contribution in [2.24, 2.45) is 0 Å². The third kappa shape index (κ3) is 4.46. The molecule has 0 N–H and O–H groups in total. The molecule has 1 aliphatic carbocycles. The van der Waals surface area contributed by atoms with Crippen LogP contribution in [0, 0.1) is 11.3 Å². The maximum Gasteiger partial charge on any atom is 0.263 e. The summed E-state index contributed by atoms with van der Waals surface area (Å²) in [6, 6.07) is 9.78. The summed E-state index contributed by atoms with van der Waals surface area (Å²) < 4.78 is 1.89. The van der Waals surface area contributed by atoms with Crippen molar-refractivity contribution in [1.29, 1.82) is 5.26 Å². The molecule has 3 aromatic rings. The first-order valence-electron chi connectivity index (χ1n) is 10.4. The molecule has 0 aliphatic heterocycles. The van der Waals surface area contributed by atoms with Crippen LogP contribution in [0.5, 0.6) is 0 Å². The lowest BCUT2D eigenvalue weighted by Gasteiger charge is -2.15. The molecule has 0 bridgehead atoms. The van der Waals surface area contributed by atoms with Crippen molar-refractivity contribution < 1.29 is 0 Å². The third-order valence-electron chi connectivity index (χ3n) is 5.48. The molecule has 30 heavy (non-hydrogen) atoms. The van der Waals surface area contributed by atoms with Crippen molar-refractivity contribution in [3.05, 3.63) is 56.2 Å². The van der Waals surface area contributed by atoms with Gasteiger partial charge in [-0.3, -0.25) is 9.36 Å². The molecule has 4 rings (SSSR count). The highest BCUT2D eigenvalue weighted by molar-refractivity contribution is 7.98. The molecule has 0 amide bonds. The zero-order chi connectivity index (χ0) is 21.1. The number of aromatic nitrogens is 2. The monoisotopic (exact) mass is 438 g/mol. The first kappa shape index (κ1) is 21.1. The van der Waals surface area contributed by atoms with E-state index in [1.54, 1.807) is 23.1 Å². The van der Waals surface area contributed by atoms with Crippen molar-refractivity contribution >= 4 is 33.3 Å². The second-order valence-electron chi connectivity index (χ2n) is 8.00. The largest absolute Gasteiger partial charge is 0.309 e. The molecule has 2 heterocycles. The fraction of sp³-hybridized carbons (Fsp3) is 0.435. The van der Waals surface area contributed by atoms with Crippen LogP contribution in [0.3, 0.4) is 0 Å². The van der Waals surface area contributed by atoms with Crippen LogP contribution in [0.1, 0.15) is 40.8 Å². The van der Waals surface area contributed by atoms with Crippen molar-refractivity contribution in [2.75, 3.05) is 20.6 Å². The molecule has 1 aliphatic rings. The molecule has 0 radical (unpaired) electrons. The molecule has 0 saturated carbocycles. The second kappa shape index (κ2) is 9.34. The maximum atomic E-state index is 13.5. The Morgan fingerprint density at radius 2 is 2.00 bits per heavy atom. The third-order valence-corrected chi connectivity index (χ3v) is 7.71. The highest BCUT2D eigenvalue weighted by Crippen LogP contribution is 2.35. The van der Waals surface area contributed by atoms with Crippen LogP contribution >= 0.6 is 23.1 Å². The number of nitrogens with zero attached hydrogens (tertiary/aromatic N) is 4. The van der Waals surface area contributed by atoms with E-state index < -0.39 is 0 Å². The van der Waals surface area contributed by atoms with Gasteiger partial charge in [0.2, 0.25) is 0 Å². The lowest BCUT2D eigenvalue weighted by molar-refractivity contribution is 0.379. The van der Waals surface area contributed by atoms with Gasteiger partial charge >= 0.3 is 0 Å². The van der Waals surface area contributed by atoms with Gasteiger partial charge in [0.1, 0.15) is 4.83 Å². The predicted molar refractivity (Wildman–Crippen MR) is 124 cm³/mol. The van der Waals surface area contributed by atoms with Gasteiger partial charge in [-0.25, -0.2) is 4.98 Å². The number of thioether (sulfide) groups is 1. The zero-order valence-corrected chi connectivity index (χ0v) is 19.1. The van der Waals surface area contributed by atoms with Gasteiger partial charge in [0.15, 0.2) is 5.16 Å². The Balaban J connectivity index is 1.68. The van der Waals surface area contributed by atoms with E-state index in [0.717, 1.165) is 58.9 Å². The summed E-state index contributed by atoms with van der Waals surface area (Å²) in [6.45, 7) is 1.62. The zero-order valence-electron chi connectivity index (χ0n) is 17.5. The van der Waals surface area contributed by atoms with Crippen molar-refractivity contribution in [2.45, 2.75) is 49.6 Å². The Labute approximate surface area is 185 Å². The summed E-state index contributed by atoms with van der Waals surface area (Å²) in [5.74, 6) is 0.725. The SMILES string of the molecule is CN(C)CCCn1c(SCc2ccc(C#N)cc2)nc2sc3c(c2c1=O)CCCC3. The molecule has 0 spiro atoms. The molecule has 0 unspecified atom stereocenters. The summed E-state index contributed by atoms with van der Waals surface area (Å²) in [7, 11) is 4.11. The summed E-state index contributed by atoms with van der Waals surface area (Å²) in [6.07, 6.45) is 5.36. The summed E-state index contributed by atoms with van der Waals surface area (Å²) >= 11 is 3.32. The lowest BCUT2D eigenvalue weighted by atomic mass is 9.97. The fourth-order valence-electron chi connectivity index (χ4n) is 3.90. The molecule has 0 fully saturated rings. The first-order valence-corrected chi connectivity index (χ1v) is 12.2. The van der Waals surface area contributed by atoms with E-state index in [1.807, 2.05) is 28.8 Å². The topological polar surface area (TPSA) is 61.9 Å². The number of fused-ring (bicyclic) bond motifs is 3. The number of rotatable bonds is 7. The van der Waals surface area contributed by atoms with Crippen LogP contribution in [0.25, 0.3) is 10.2 Å². The van der Waals surface area contributed by atoms with E-state index in [9.17, 15) is 4.79 Å². The number of aryl methyl sites for hydroxylation is 2. The quantitative estimate of drug-likeness (QED) is 0.403. The van der Waals surface area contributed by atoms with E-state index in [2.05, 4.69) is 25.1 Å². The summed E-state index contributed by atoms with van der Waals surface area (Å²) in [5, 5.41) is 10.7. The maximum absolute atomic E-state index is 13.5. The van der Waals surface area contributed by atoms with Crippen molar-refractivity contribution in [1.82, 2.24) is 14.5 Å². The van der Waals surface area contributed by atoms with Gasteiger partial charge in [-0.1, -0.05) is 23.9 Å². The molecule has 0 saturated heterocycles. The number of nitriles is 1. The predicted octanol–water partition coefficient (Wildman–Crippen LogP) is 4.45. The van der Waals surface area contributed by atoms with Crippen LogP contribution in [-0.2, 0) is 25.1 Å².